The predicted octanol–water partition coefficient (Wildman–Crippen LogP) is 2.52. The average molecular weight is 271 g/mol. The van der Waals surface area contributed by atoms with Crippen molar-refractivity contribution < 1.29 is 9.47 Å². The minimum absolute atomic E-state index is 0.463. The van der Waals surface area contributed by atoms with E-state index in [0.29, 0.717) is 16.8 Å². The molecule has 2 rings (SSSR count). The van der Waals surface area contributed by atoms with Gasteiger partial charge in [-0.25, -0.2) is 0 Å². The Labute approximate surface area is 113 Å². The Morgan fingerprint density at radius 2 is 1.83 bits per heavy atom. The fourth-order valence-electron chi connectivity index (χ4n) is 2.16. The Hall–Kier alpha value is -1.13. The van der Waals surface area contributed by atoms with Crippen molar-refractivity contribution in [3.05, 3.63) is 17.2 Å². The molecule has 0 aliphatic carbocycles. The standard InChI is InChI=1S/C13H19ClN2O2/c1-17-12-8-13(18-2)11(7-10(12)14)16-9-3-5-15-6-4-9/h7-9,15-16H,3-6H2,1-2H3. The van der Waals surface area contributed by atoms with Crippen molar-refractivity contribution in [3.8, 4) is 11.5 Å². The molecule has 0 aromatic heterocycles. The monoisotopic (exact) mass is 270 g/mol. The van der Waals surface area contributed by atoms with E-state index in [4.69, 9.17) is 21.1 Å². The van der Waals surface area contributed by atoms with Crippen LogP contribution in [-0.4, -0.2) is 33.4 Å². The summed E-state index contributed by atoms with van der Waals surface area (Å²) in [5, 5.41) is 7.42. The number of methoxy groups -OCH3 is 2. The third kappa shape index (κ3) is 3.00. The number of benzene rings is 1. The molecule has 1 aliphatic rings. The first kappa shape index (κ1) is 13.3. The molecule has 0 atom stereocenters. The molecule has 1 aromatic rings. The van der Waals surface area contributed by atoms with Gasteiger partial charge in [0.2, 0.25) is 0 Å². The molecule has 1 saturated heterocycles. The molecular formula is C13H19ClN2O2. The van der Waals surface area contributed by atoms with Crippen molar-refractivity contribution in [2.45, 2.75) is 18.9 Å². The molecule has 4 nitrogen and oxygen atoms in total. The minimum atomic E-state index is 0.463. The maximum Gasteiger partial charge on any atom is 0.145 e. The van der Waals surface area contributed by atoms with E-state index in [1.54, 1.807) is 14.2 Å². The van der Waals surface area contributed by atoms with Crippen molar-refractivity contribution in [3.63, 3.8) is 0 Å². The molecule has 0 spiro atoms. The Balaban J connectivity index is 2.17. The van der Waals surface area contributed by atoms with Gasteiger partial charge in [0.05, 0.1) is 24.9 Å². The van der Waals surface area contributed by atoms with E-state index < -0.39 is 0 Å². The van der Waals surface area contributed by atoms with Crippen molar-refractivity contribution in [1.29, 1.82) is 0 Å². The third-order valence-electron chi connectivity index (χ3n) is 3.17. The second kappa shape index (κ2) is 6.16. The van der Waals surface area contributed by atoms with Crippen LogP contribution in [-0.2, 0) is 0 Å². The number of hydrogen-bond acceptors (Lipinski definition) is 4. The molecule has 2 N–H and O–H groups in total. The van der Waals surface area contributed by atoms with Crippen LogP contribution in [0.1, 0.15) is 12.8 Å². The average Bonchev–Trinajstić information content (AvgIpc) is 2.40. The topological polar surface area (TPSA) is 42.5 Å². The van der Waals surface area contributed by atoms with E-state index in [2.05, 4.69) is 10.6 Å². The minimum Gasteiger partial charge on any atom is -0.495 e. The van der Waals surface area contributed by atoms with Gasteiger partial charge >= 0.3 is 0 Å². The Morgan fingerprint density at radius 3 is 2.44 bits per heavy atom. The first-order chi connectivity index (χ1) is 8.74. The van der Waals surface area contributed by atoms with Crippen molar-refractivity contribution in [1.82, 2.24) is 5.32 Å². The van der Waals surface area contributed by atoms with Gasteiger partial charge in [-0.15, -0.1) is 0 Å². The van der Waals surface area contributed by atoms with Crippen LogP contribution in [0.5, 0.6) is 11.5 Å². The molecule has 0 amide bonds. The normalized spacial score (nSPS) is 16.4. The molecule has 0 bridgehead atoms. The molecule has 1 aliphatic heterocycles. The number of nitrogens with one attached hydrogen (secondary N) is 2. The van der Waals surface area contributed by atoms with Gasteiger partial charge in [0.1, 0.15) is 11.5 Å². The van der Waals surface area contributed by atoms with Crippen molar-refractivity contribution in [2.75, 3.05) is 32.6 Å². The highest BCUT2D eigenvalue weighted by Gasteiger charge is 2.16. The highest BCUT2D eigenvalue weighted by atomic mass is 35.5. The fourth-order valence-corrected chi connectivity index (χ4v) is 2.40. The van der Waals surface area contributed by atoms with Crippen molar-refractivity contribution in [2.24, 2.45) is 0 Å². The van der Waals surface area contributed by atoms with E-state index in [1.807, 2.05) is 12.1 Å². The zero-order chi connectivity index (χ0) is 13.0. The van der Waals surface area contributed by atoms with Gasteiger partial charge < -0.3 is 20.1 Å². The van der Waals surface area contributed by atoms with Crippen LogP contribution < -0.4 is 20.1 Å². The zero-order valence-electron chi connectivity index (χ0n) is 10.8. The van der Waals surface area contributed by atoms with Gasteiger partial charge in [-0.3, -0.25) is 0 Å². The molecule has 0 radical (unpaired) electrons. The summed E-state index contributed by atoms with van der Waals surface area (Å²) >= 11 is 6.14. The van der Waals surface area contributed by atoms with Crippen LogP contribution in [0.25, 0.3) is 0 Å². The maximum atomic E-state index is 6.14. The SMILES string of the molecule is COc1cc(OC)c(NC2CCNCC2)cc1Cl. The lowest BCUT2D eigenvalue weighted by atomic mass is 10.1. The van der Waals surface area contributed by atoms with E-state index >= 15 is 0 Å². The summed E-state index contributed by atoms with van der Waals surface area (Å²) in [7, 11) is 3.25. The molecule has 1 fully saturated rings. The van der Waals surface area contributed by atoms with Gasteiger partial charge in [-0.1, -0.05) is 11.6 Å². The van der Waals surface area contributed by atoms with Crippen LogP contribution in [0.15, 0.2) is 12.1 Å². The summed E-state index contributed by atoms with van der Waals surface area (Å²) in [6.45, 7) is 2.09. The summed E-state index contributed by atoms with van der Waals surface area (Å²) in [4.78, 5) is 0. The molecule has 100 valence electrons. The number of ether oxygens (including phenoxy) is 2. The molecule has 1 aromatic carbocycles. The lowest BCUT2D eigenvalue weighted by molar-refractivity contribution is 0.394. The van der Waals surface area contributed by atoms with E-state index in [9.17, 15) is 0 Å². The largest absolute Gasteiger partial charge is 0.495 e. The lowest BCUT2D eigenvalue weighted by Crippen LogP contribution is -2.35. The summed E-state index contributed by atoms with van der Waals surface area (Å²) in [6, 6.07) is 4.14. The second-order valence-electron chi connectivity index (χ2n) is 4.36. The van der Waals surface area contributed by atoms with Crippen molar-refractivity contribution >= 4 is 17.3 Å². The smallest absolute Gasteiger partial charge is 0.145 e. The number of hydrogen-bond donors (Lipinski definition) is 2. The number of halogens is 1. The summed E-state index contributed by atoms with van der Waals surface area (Å²) in [5.74, 6) is 1.39. The summed E-state index contributed by atoms with van der Waals surface area (Å²) < 4.78 is 10.6. The van der Waals surface area contributed by atoms with Gasteiger partial charge in [0.25, 0.3) is 0 Å². The quantitative estimate of drug-likeness (QED) is 0.882. The molecule has 0 unspecified atom stereocenters. The van der Waals surface area contributed by atoms with E-state index in [-0.39, 0.29) is 0 Å². The van der Waals surface area contributed by atoms with Gasteiger partial charge in [-0.2, -0.15) is 0 Å². The molecular weight excluding hydrogens is 252 g/mol. The Kier molecular flexibility index (Phi) is 4.55. The van der Waals surface area contributed by atoms with Crippen LogP contribution in [0.2, 0.25) is 5.02 Å². The first-order valence-electron chi connectivity index (χ1n) is 6.13. The number of piperidine rings is 1. The Morgan fingerprint density at radius 1 is 1.17 bits per heavy atom. The van der Waals surface area contributed by atoms with Gasteiger partial charge in [0, 0.05) is 12.1 Å². The van der Waals surface area contributed by atoms with E-state index in [1.165, 1.54) is 0 Å². The van der Waals surface area contributed by atoms with Crippen LogP contribution in [0.3, 0.4) is 0 Å². The fraction of sp³-hybridized carbons (Fsp3) is 0.538. The number of anilines is 1. The highest BCUT2D eigenvalue weighted by Crippen LogP contribution is 2.36. The Bertz CT molecular complexity index is 406. The molecule has 1 heterocycles. The van der Waals surface area contributed by atoms with E-state index in [0.717, 1.165) is 37.4 Å². The molecule has 5 heteroatoms. The van der Waals surface area contributed by atoms with Crippen LogP contribution >= 0.6 is 11.6 Å². The second-order valence-corrected chi connectivity index (χ2v) is 4.76. The third-order valence-corrected chi connectivity index (χ3v) is 3.47. The molecule has 18 heavy (non-hydrogen) atoms. The maximum absolute atomic E-state index is 6.14. The predicted molar refractivity (Wildman–Crippen MR) is 74.1 cm³/mol. The van der Waals surface area contributed by atoms with Crippen LogP contribution in [0.4, 0.5) is 5.69 Å². The zero-order valence-corrected chi connectivity index (χ0v) is 11.5. The molecule has 0 saturated carbocycles. The van der Waals surface area contributed by atoms with Crippen LogP contribution in [0, 0.1) is 0 Å². The first-order valence-corrected chi connectivity index (χ1v) is 6.51. The lowest BCUT2D eigenvalue weighted by Gasteiger charge is -2.25. The summed E-state index contributed by atoms with van der Waals surface area (Å²) in [6.07, 6.45) is 2.21. The summed E-state index contributed by atoms with van der Waals surface area (Å²) in [5.41, 5.74) is 0.926. The van der Waals surface area contributed by atoms with Gasteiger partial charge in [-0.05, 0) is 32.0 Å². The highest BCUT2D eigenvalue weighted by molar-refractivity contribution is 6.32. The van der Waals surface area contributed by atoms with Gasteiger partial charge in [0.15, 0.2) is 0 Å². The number of rotatable bonds is 4.